The summed E-state index contributed by atoms with van der Waals surface area (Å²) in [5.74, 6) is -0.312. The molecule has 0 radical (unpaired) electrons. The molecule has 0 N–H and O–H groups in total. The van der Waals surface area contributed by atoms with E-state index < -0.39 is 0 Å². The molecule has 0 saturated carbocycles. The Morgan fingerprint density at radius 2 is 1.75 bits per heavy atom. The summed E-state index contributed by atoms with van der Waals surface area (Å²) in [5.41, 5.74) is 2.81. The predicted octanol–water partition coefficient (Wildman–Crippen LogP) is 4.37. The highest BCUT2D eigenvalue weighted by atomic mass is 32.2. The SMILES string of the molecule is COC(=O)c1ccc(C=Cc2ccccc2SC)cc1. The van der Waals surface area contributed by atoms with Crippen molar-refractivity contribution in [2.45, 2.75) is 4.90 Å². The van der Waals surface area contributed by atoms with E-state index in [1.54, 1.807) is 23.9 Å². The van der Waals surface area contributed by atoms with Gasteiger partial charge in [-0.3, -0.25) is 0 Å². The molecule has 0 atom stereocenters. The second-order valence-corrected chi connectivity index (χ2v) is 5.04. The van der Waals surface area contributed by atoms with Crippen molar-refractivity contribution in [3.8, 4) is 0 Å². The Bertz CT molecular complexity index is 615. The number of methoxy groups -OCH3 is 1. The third kappa shape index (κ3) is 3.52. The fourth-order valence-corrected chi connectivity index (χ4v) is 2.42. The first-order chi connectivity index (χ1) is 9.74. The van der Waals surface area contributed by atoms with Crippen LogP contribution in [0.25, 0.3) is 12.2 Å². The molecule has 0 aliphatic rings. The van der Waals surface area contributed by atoms with Crippen LogP contribution in [0.2, 0.25) is 0 Å². The van der Waals surface area contributed by atoms with Crippen LogP contribution in [0.5, 0.6) is 0 Å². The highest BCUT2D eigenvalue weighted by Gasteiger charge is 2.03. The Morgan fingerprint density at radius 1 is 1.05 bits per heavy atom. The topological polar surface area (TPSA) is 26.3 Å². The van der Waals surface area contributed by atoms with Crippen molar-refractivity contribution in [2.75, 3.05) is 13.4 Å². The van der Waals surface area contributed by atoms with E-state index in [4.69, 9.17) is 0 Å². The van der Waals surface area contributed by atoms with Crippen LogP contribution in [0.15, 0.2) is 53.4 Å². The van der Waals surface area contributed by atoms with E-state index in [0.717, 1.165) is 5.56 Å². The number of hydrogen-bond donors (Lipinski definition) is 0. The van der Waals surface area contributed by atoms with Gasteiger partial charge in [-0.2, -0.15) is 0 Å². The monoisotopic (exact) mass is 284 g/mol. The molecule has 0 amide bonds. The van der Waals surface area contributed by atoms with Crippen molar-refractivity contribution in [1.82, 2.24) is 0 Å². The van der Waals surface area contributed by atoms with E-state index in [9.17, 15) is 4.79 Å². The second-order valence-electron chi connectivity index (χ2n) is 4.19. The molecule has 0 unspecified atom stereocenters. The zero-order valence-electron chi connectivity index (χ0n) is 11.5. The fraction of sp³-hybridized carbons (Fsp3) is 0.118. The van der Waals surface area contributed by atoms with Gasteiger partial charge in [-0.25, -0.2) is 4.79 Å². The van der Waals surface area contributed by atoms with Crippen LogP contribution in [0.4, 0.5) is 0 Å². The molecule has 0 heterocycles. The van der Waals surface area contributed by atoms with Gasteiger partial charge in [0.05, 0.1) is 12.7 Å². The molecule has 2 aromatic rings. The van der Waals surface area contributed by atoms with Gasteiger partial charge in [0.15, 0.2) is 0 Å². The van der Waals surface area contributed by atoms with Crippen molar-refractivity contribution >= 4 is 29.9 Å². The van der Waals surface area contributed by atoms with Crippen LogP contribution in [-0.4, -0.2) is 19.3 Å². The summed E-state index contributed by atoms with van der Waals surface area (Å²) in [5, 5.41) is 0. The first-order valence-corrected chi connectivity index (χ1v) is 7.46. The van der Waals surface area contributed by atoms with Gasteiger partial charge in [0.2, 0.25) is 0 Å². The maximum Gasteiger partial charge on any atom is 0.337 e. The Morgan fingerprint density at radius 3 is 2.40 bits per heavy atom. The normalized spacial score (nSPS) is 10.7. The van der Waals surface area contributed by atoms with E-state index in [-0.39, 0.29) is 5.97 Å². The molecule has 0 aliphatic heterocycles. The van der Waals surface area contributed by atoms with Gasteiger partial charge in [-0.05, 0) is 35.6 Å². The third-order valence-electron chi connectivity index (χ3n) is 2.93. The minimum Gasteiger partial charge on any atom is -0.465 e. The van der Waals surface area contributed by atoms with Crippen LogP contribution >= 0.6 is 11.8 Å². The molecule has 2 aromatic carbocycles. The Balaban J connectivity index is 2.17. The summed E-state index contributed by atoms with van der Waals surface area (Å²) >= 11 is 1.73. The number of esters is 1. The average Bonchev–Trinajstić information content (AvgIpc) is 2.53. The first-order valence-electron chi connectivity index (χ1n) is 6.24. The molecule has 20 heavy (non-hydrogen) atoms. The quantitative estimate of drug-likeness (QED) is 0.474. The minimum atomic E-state index is -0.312. The van der Waals surface area contributed by atoms with E-state index >= 15 is 0 Å². The number of thioether (sulfide) groups is 1. The van der Waals surface area contributed by atoms with Gasteiger partial charge >= 0.3 is 5.97 Å². The Labute approximate surface area is 123 Å². The molecule has 2 rings (SSSR count). The molecular formula is C17H16O2S. The molecule has 0 bridgehead atoms. The predicted molar refractivity (Wildman–Crippen MR) is 84.9 cm³/mol. The van der Waals surface area contributed by atoms with E-state index in [0.29, 0.717) is 5.56 Å². The molecule has 0 fully saturated rings. The molecule has 102 valence electrons. The van der Waals surface area contributed by atoms with Crippen LogP contribution in [-0.2, 0) is 4.74 Å². The van der Waals surface area contributed by atoms with Gasteiger partial charge < -0.3 is 4.74 Å². The number of hydrogen-bond acceptors (Lipinski definition) is 3. The van der Waals surface area contributed by atoms with E-state index in [2.05, 4.69) is 29.2 Å². The number of ether oxygens (including phenoxy) is 1. The summed E-state index contributed by atoms with van der Waals surface area (Å²) in [6.07, 6.45) is 6.19. The molecular weight excluding hydrogens is 268 g/mol. The van der Waals surface area contributed by atoms with Crippen LogP contribution in [0.3, 0.4) is 0 Å². The van der Waals surface area contributed by atoms with Crippen molar-refractivity contribution in [2.24, 2.45) is 0 Å². The Kier molecular flexibility index (Phi) is 5.02. The van der Waals surface area contributed by atoms with E-state index in [1.807, 2.05) is 30.3 Å². The summed E-state index contributed by atoms with van der Waals surface area (Å²) in [4.78, 5) is 12.6. The highest BCUT2D eigenvalue weighted by molar-refractivity contribution is 7.98. The zero-order chi connectivity index (χ0) is 14.4. The molecule has 2 nitrogen and oxygen atoms in total. The van der Waals surface area contributed by atoms with Gasteiger partial charge in [0.1, 0.15) is 0 Å². The zero-order valence-corrected chi connectivity index (χ0v) is 12.3. The lowest BCUT2D eigenvalue weighted by atomic mass is 10.1. The second kappa shape index (κ2) is 6.96. The number of rotatable bonds is 4. The van der Waals surface area contributed by atoms with Crippen molar-refractivity contribution in [3.05, 3.63) is 65.2 Å². The van der Waals surface area contributed by atoms with Gasteiger partial charge in [-0.15, -0.1) is 11.8 Å². The smallest absolute Gasteiger partial charge is 0.337 e. The lowest BCUT2D eigenvalue weighted by Crippen LogP contribution is -2.00. The van der Waals surface area contributed by atoms with Crippen molar-refractivity contribution in [1.29, 1.82) is 0 Å². The van der Waals surface area contributed by atoms with Crippen LogP contribution in [0, 0.1) is 0 Å². The van der Waals surface area contributed by atoms with Crippen LogP contribution in [0.1, 0.15) is 21.5 Å². The average molecular weight is 284 g/mol. The van der Waals surface area contributed by atoms with Gasteiger partial charge in [0, 0.05) is 4.90 Å². The maximum absolute atomic E-state index is 11.3. The Hall–Kier alpha value is -2.00. The standard InChI is InChI=1S/C17H16O2S/c1-19-17(18)15-11-8-13(9-12-15)7-10-14-5-3-4-6-16(14)20-2/h3-12H,1-2H3. The third-order valence-corrected chi connectivity index (χ3v) is 3.74. The van der Waals surface area contributed by atoms with Gasteiger partial charge in [0.25, 0.3) is 0 Å². The molecule has 3 heteroatoms. The minimum absolute atomic E-state index is 0.312. The number of carbonyl (C=O) groups excluding carboxylic acids is 1. The summed E-state index contributed by atoms with van der Waals surface area (Å²) < 4.78 is 4.68. The first kappa shape index (κ1) is 14.4. The van der Waals surface area contributed by atoms with Crippen molar-refractivity contribution in [3.63, 3.8) is 0 Å². The van der Waals surface area contributed by atoms with Crippen LogP contribution < -0.4 is 0 Å². The van der Waals surface area contributed by atoms with E-state index in [1.165, 1.54) is 17.6 Å². The number of carbonyl (C=O) groups is 1. The molecule has 0 aromatic heterocycles. The molecule has 0 aliphatic carbocycles. The highest BCUT2D eigenvalue weighted by Crippen LogP contribution is 2.22. The number of benzene rings is 2. The summed E-state index contributed by atoms with van der Waals surface area (Å²) in [6.45, 7) is 0. The summed E-state index contributed by atoms with van der Waals surface area (Å²) in [6, 6.07) is 15.6. The lowest BCUT2D eigenvalue weighted by Gasteiger charge is -2.02. The lowest BCUT2D eigenvalue weighted by molar-refractivity contribution is 0.0601. The molecule has 0 saturated heterocycles. The largest absolute Gasteiger partial charge is 0.465 e. The van der Waals surface area contributed by atoms with Crippen molar-refractivity contribution < 1.29 is 9.53 Å². The fourth-order valence-electron chi connectivity index (χ4n) is 1.84. The summed E-state index contributed by atoms with van der Waals surface area (Å²) in [7, 11) is 1.38. The molecule has 0 spiro atoms. The van der Waals surface area contributed by atoms with Gasteiger partial charge in [-0.1, -0.05) is 42.5 Å². The maximum atomic E-state index is 11.3.